The van der Waals surface area contributed by atoms with Gasteiger partial charge in [-0.1, -0.05) is 31.5 Å². The summed E-state index contributed by atoms with van der Waals surface area (Å²) in [5, 5.41) is 3.29. The van der Waals surface area contributed by atoms with Crippen LogP contribution >= 0.6 is 11.6 Å². The number of amides is 1. The molecule has 5 rings (SSSR count). The van der Waals surface area contributed by atoms with Crippen molar-refractivity contribution in [2.75, 3.05) is 16.8 Å². The summed E-state index contributed by atoms with van der Waals surface area (Å²) in [6.45, 7) is 8.42. The molecule has 196 valence electrons. The fourth-order valence-electron chi connectivity index (χ4n) is 4.30. The van der Waals surface area contributed by atoms with E-state index in [0.29, 0.717) is 35.1 Å². The number of carbonyl (C=O) groups is 2. The molecule has 0 saturated heterocycles. The number of anilines is 2. The third-order valence-electron chi connectivity index (χ3n) is 5.92. The van der Waals surface area contributed by atoms with Gasteiger partial charge >= 0.3 is 5.97 Å². The molecule has 0 fully saturated rings. The van der Waals surface area contributed by atoms with Crippen molar-refractivity contribution in [2.24, 2.45) is 0 Å². The van der Waals surface area contributed by atoms with Crippen molar-refractivity contribution in [3.05, 3.63) is 87.1 Å². The maximum atomic E-state index is 13.3. The summed E-state index contributed by atoms with van der Waals surface area (Å²) >= 11 is 6.68. The Morgan fingerprint density at radius 3 is 2.58 bits per heavy atom. The molecule has 0 atom stereocenters. The van der Waals surface area contributed by atoms with Crippen LogP contribution in [-0.2, 0) is 22.6 Å². The highest BCUT2D eigenvalue weighted by Crippen LogP contribution is 2.35. The Hall–Kier alpha value is -4.24. The Morgan fingerprint density at radius 1 is 1.13 bits per heavy atom. The lowest BCUT2D eigenvalue weighted by Crippen LogP contribution is -2.21. The van der Waals surface area contributed by atoms with E-state index in [1.165, 1.54) is 13.1 Å². The van der Waals surface area contributed by atoms with E-state index in [1.54, 1.807) is 42.1 Å². The van der Waals surface area contributed by atoms with Crippen LogP contribution < -0.4 is 15.6 Å². The first kappa shape index (κ1) is 26.8. The lowest BCUT2D eigenvalue weighted by Gasteiger charge is -2.21. The summed E-state index contributed by atoms with van der Waals surface area (Å²) in [6, 6.07) is 10.7. The smallest absolute Gasteiger partial charge is 0.343 e. The molecule has 9 nitrogen and oxygen atoms in total. The van der Waals surface area contributed by atoms with E-state index in [0.717, 1.165) is 16.9 Å². The minimum atomic E-state index is -0.720. The SMILES string of the molecule is CC.CCOC(=O)c1cn(-c2ccc(NC(C)=O)nc2)c2cc(N3Cc4cccnc4C3)c(Cl)cc2c1=O. The minimum Gasteiger partial charge on any atom is -0.462 e. The first-order chi connectivity index (χ1) is 18.4. The predicted octanol–water partition coefficient (Wildman–Crippen LogP) is 5.12. The minimum absolute atomic E-state index is 0.114. The summed E-state index contributed by atoms with van der Waals surface area (Å²) in [5.74, 6) is -0.579. The van der Waals surface area contributed by atoms with Crippen molar-refractivity contribution in [3.63, 3.8) is 0 Å². The summed E-state index contributed by atoms with van der Waals surface area (Å²) in [7, 11) is 0. The molecule has 0 aliphatic carbocycles. The van der Waals surface area contributed by atoms with Crippen molar-refractivity contribution in [2.45, 2.75) is 40.8 Å². The highest BCUT2D eigenvalue weighted by atomic mass is 35.5. The number of pyridine rings is 3. The lowest BCUT2D eigenvalue weighted by molar-refractivity contribution is -0.114. The molecule has 0 spiro atoms. The van der Waals surface area contributed by atoms with Gasteiger partial charge in [0.25, 0.3) is 0 Å². The molecular weight excluding hydrogens is 506 g/mol. The Kier molecular flexibility index (Phi) is 8.07. The second-order valence-electron chi connectivity index (χ2n) is 8.33. The molecule has 0 bridgehead atoms. The quantitative estimate of drug-likeness (QED) is 0.355. The largest absolute Gasteiger partial charge is 0.462 e. The van der Waals surface area contributed by atoms with Crippen LogP contribution in [0.15, 0.2) is 59.8 Å². The van der Waals surface area contributed by atoms with Crippen LogP contribution in [0.25, 0.3) is 16.6 Å². The van der Waals surface area contributed by atoms with Gasteiger partial charge in [-0.25, -0.2) is 9.78 Å². The Bertz CT molecular complexity index is 1540. The van der Waals surface area contributed by atoms with Gasteiger partial charge in [0, 0.05) is 31.2 Å². The third-order valence-corrected chi connectivity index (χ3v) is 6.23. The van der Waals surface area contributed by atoms with Crippen LogP contribution in [0, 0.1) is 0 Å². The normalized spacial score (nSPS) is 12.0. The molecule has 0 radical (unpaired) electrons. The fourth-order valence-corrected chi connectivity index (χ4v) is 4.58. The molecule has 38 heavy (non-hydrogen) atoms. The predicted molar refractivity (Wildman–Crippen MR) is 148 cm³/mol. The zero-order chi connectivity index (χ0) is 27.4. The maximum Gasteiger partial charge on any atom is 0.343 e. The zero-order valence-electron chi connectivity index (χ0n) is 21.6. The molecule has 1 aliphatic rings. The van der Waals surface area contributed by atoms with E-state index >= 15 is 0 Å². The molecule has 1 aromatic carbocycles. The maximum absolute atomic E-state index is 13.3. The van der Waals surface area contributed by atoms with Crippen LogP contribution in [0.4, 0.5) is 11.5 Å². The number of ether oxygens (including phenoxy) is 1. The van der Waals surface area contributed by atoms with Gasteiger partial charge in [0.05, 0.1) is 47.0 Å². The lowest BCUT2D eigenvalue weighted by atomic mass is 10.1. The average molecular weight is 534 g/mol. The van der Waals surface area contributed by atoms with E-state index in [9.17, 15) is 14.4 Å². The van der Waals surface area contributed by atoms with Gasteiger partial charge in [0.1, 0.15) is 11.4 Å². The molecule has 10 heteroatoms. The second kappa shape index (κ2) is 11.4. The van der Waals surface area contributed by atoms with Crippen LogP contribution in [-0.4, -0.2) is 33.0 Å². The highest BCUT2D eigenvalue weighted by Gasteiger charge is 2.24. The Morgan fingerprint density at radius 2 is 1.92 bits per heavy atom. The van der Waals surface area contributed by atoms with Gasteiger partial charge in [-0.05, 0) is 42.8 Å². The number of hydrogen-bond donors (Lipinski definition) is 1. The summed E-state index contributed by atoms with van der Waals surface area (Å²) in [4.78, 5) is 48.1. The molecule has 3 aromatic heterocycles. The van der Waals surface area contributed by atoms with E-state index in [4.69, 9.17) is 16.3 Å². The molecule has 4 heterocycles. The topological polar surface area (TPSA) is 106 Å². The number of hydrogen-bond acceptors (Lipinski definition) is 7. The van der Waals surface area contributed by atoms with E-state index < -0.39 is 11.4 Å². The number of rotatable bonds is 5. The van der Waals surface area contributed by atoms with Crippen molar-refractivity contribution >= 4 is 45.9 Å². The zero-order valence-corrected chi connectivity index (χ0v) is 22.4. The van der Waals surface area contributed by atoms with Gasteiger partial charge in [-0.15, -0.1) is 0 Å². The number of esters is 1. The van der Waals surface area contributed by atoms with Gasteiger partial charge in [-0.3, -0.25) is 14.6 Å². The van der Waals surface area contributed by atoms with Crippen molar-refractivity contribution < 1.29 is 14.3 Å². The number of benzene rings is 1. The molecule has 1 amide bonds. The highest BCUT2D eigenvalue weighted by molar-refractivity contribution is 6.34. The molecule has 4 aromatic rings. The number of carbonyl (C=O) groups excluding carboxylic acids is 2. The van der Waals surface area contributed by atoms with Crippen LogP contribution in [0.3, 0.4) is 0 Å². The van der Waals surface area contributed by atoms with Crippen LogP contribution in [0.5, 0.6) is 0 Å². The molecule has 1 aliphatic heterocycles. The fraction of sp³-hybridized carbons (Fsp3) is 0.250. The molecular formula is C28H28ClN5O4. The summed E-state index contributed by atoms with van der Waals surface area (Å²) in [5.41, 5.74) is 3.37. The van der Waals surface area contributed by atoms with Crippen LogP contribution in [0.1, 0.15) is 49.3 Å². The summed E-state index contributed by atoms with van der Waals surface area (Å²) < 4.78 is 6.82. The van der Waals surface area contributed by atoms with Gasteiger partial charge in [-0.2, -0.15) is 0 Å². The van der Waals surface area contributed by atoms with Crippen molar-refractivity contribution in [1.29, 1.82) is 0 Å². The van der Waals surface area contributed by atoms with Gasteiger partial charge < -0.3 is 19.5 Å². The first-order valence-electron chi connectivity index (χ1n) is 12.3. The number of nitrogens with zero attached hydrogens (tertiary/aromatic N) is 4. The van der Waals surface area contributed by atoms with Gasteiger partial charge in [0.15, 0.2) is 0 Å². The number of halogens is 1. The van der Waals surface area contributed by atoms with E-state index in [-0.39, 0.29) is 23.5 Å². The summed E-state index contributed by atoms with van der Waals surface area (Å²) in [6.07, 6.45) is 4.76. The number of aromatic nitrogens is 3. The van der Waals surface area contributed by atoms with Crippen molar-refractivity contribution in [1.82, 2.24) is 14.5 Å². The number of nitrogens with one attached hydrogen (secondary N) is 1. The van der Waals surface area contributed by atoms with Crippen LogP contribution in [0.2, 0.25) is 5.02 Å². The second-order valence-corrected chi connectivity index (χ2v) is 8.74. The first-order valence-corrected chi connectivity index (χ1v) is 12.7. The number of fused-ring (bicyclic) bond motifs is 2. The Balaban J connectivity index is 0.00000164. The van der Waals surface area contributed by atoms with Gasteiger partial charge in [0.2, 0.25) is 11.3 Å². The third kappa shape index (κ3) is 5.24. The molecule has 1 N–H and O–H groups in total. The van der Waals surface area contributed by atoms with Crippen molar-refractivity contribution in [3.8, 4) is 5.69 Å². The van der Waals surface area contributed by atoms with E-state index in [1.807, 2.05) is 32.0 Å². The molecule has 0 saturated carbocycles. The van der Waals surface area contributed by atoms with E-state index in [2.05, 4.69) is 20.2 Å². The monoisotopic (exact) mass is 533 g/mol. The Labute approximate surface area is 225 Å². The standard InChI is InChI=1S/C26H22ClN5O4.C2H6/c1-3-36-26(35)19-13-32(17-6-7-24(29-11-17)30-15(2)33)22-10-23(20(27)9-18(22)25(19)34)31-12-16-5-4-8-28-21(16)14-31;1-2/h4-11,13H,3,12,14H2,1-2H3,(H,29,30,33);1-2H3. The molecule has 0 unspecified atom stereocenters. The average Bonchev–Trinajstić information content (AvgIpc) is 3.34.